The van der Waals surface area contributed by atoms with Crippen LogP contribution in [-0.2, 0) is 9.59 Å². The van der Waals surface area contributed by atoms with E-state index in [1.54, 1.807) is 18.2 Å². The third-order valence-corrected chi connectivity index (χ3v) is 3.10. The van der Waals surface area contributed by atoms with Gasteiger partial charge in [0, 0.05) is 12.0 Å². The first-order valence-corrected chi connectivity index (χ1v) is 6.73. The summed E-state index contributed by atoms with van der Waals surface area (Å²) in [5.41, 5.74) is 6.38. The molecule has 1 aromatic rings. The maximum atomic E-state index is 12.1. The standard InChI is InChI=1S/C15H20N2O4/c1-9(2)10-4-3-5-11(8-10)14(19)17-12(15(20)21)6-7-13(16)18/h3-5,8-9,12H,6-7H2,1-2H3,(H2,16,18)(H,17,19)(H,20,21)/t12-/m0/s1. The van der Waals surface area contributed by atoms with Gasteiger partial charge in [-0.15, -0.1) is 0 Å². The minimum absolute atomic E-state index is 0.0275. The molecule has 0 aliphatic heterocycles. The summed E-state index contributed by atoms with van der Waals surface area (Å²) in [6, 6.07) is 5.88. The van der Waals surface area contributed by atoms with Crippen molar-refractivity contribution < 1.29 is 19.5 Å². The fourth-order valence-corrected chi connectivity index (χ4v) is 1.82. The van der Waals surface area contributed by atoms with Crippen molar-refractivity contribution in [1.29, 1.82) is 0 Å². The zero-order valence-electron chi connectivity index (χ0n) is 12.1. The molecule has 2 amide bonds. The second-order valence-corrected chi connectivity index (χ2v) is 5.15. The van der Waals surface area contributed by atoms with Crippen LogP contribution in [0.5, 0.6) is 0 Å². The highest BCUT2D eigenvalue weighted by Gasteiger charge is 2.21. The van der Waals surface area contributed by atoms with E-state index in [1.807, 2.05) is 19.9 Å². The minimum atomic E-state index is -1.19. The topological polar surface area (TPSA) is 109 Å². The molecule has 0 fully saturated rings. The third kappa shape index (κ3) is 5.25. The molecule has 0 aromatic heterocycles. The Balaban J connectivity index is 2.79. The second-order valence-electron chi connectivity index (χ2n) is 5.15. The van der Waals surface area contributed by atoms with Gasteiger partial charge in [0.15, 0.2) is 0 Å². The highest BCUT2D eigenvalue weighted by atomic mass is 16.4. The van der Waals surface area contributed by atoms with Crippen LogP contribution in [0.25, 0.3) is 0 Å². The van der Waals surface area contributed by atoms with Gasteiger partial charge in [-0.05, 0) is 30.0 Å². The molecule has 0 spiro atoms. The lowest BCUT2D eigenvalue weighted by Gasteiger charge is -2.14. The third-order valence-electron chi connectivity index (χ3n) is 3.10. The van der Waals surface area contributed by atoms with E-state index in [4.69, 9.17) is 10.8 Å². The molecule has 1 rings (SSSR count). The molecule has 6 nitrogen and oxygen atoms in total. The maximum Gasteiger partial charge on any atom is 0.326 e. The van der Waals surface area contributed by atoms with Gasteiger partial charge in [-0.25, -0.2) is 4.79 Å². The summed E-state index contributed by atoms with van der Waals surface area (Å²) in [4.78, 5) is 33.9. The number of aliphatic carboxylic acids is 1. The Morgan fingerprint density at radius 1 is 1.29 bits per heavy atom. The smallest absolute Gasteiger partial charge is 0.326 e. The van der Waals surface area contributed by atoms with Crippen LogP contribution in [0.2, 0.25) is 0 Å². The van der Waals surface area contributed by atoms with Gasteiger partial charge in [-0.2, -0.15) is 0 Å². The number of carboxylic acid groups (broad SMARTS) is 1. The fraction of sp³-hybridized carbons (Fsp3) is 0.400. The predicted octanol–water partition coefficient (Wildman–Crippen LogP) is 1.26. The van der Waals surface area contributed by atoms with E-state index in [-0.39, 0.29) is 18.8 Å². The van der Waals surface area contributed by atoms with Crippen LogP contribution in [0.1, 0.15) is 48.5 Å². The zero-order chi connectivity index (χ0) is 16.0. The van der Waals surface area contributed by atoms with E-state index in [0.29, 0.717) is 5.56 Å². The first kappa shape index (κ1) is 16.7. The molecular weight excluding hydrogens is 272 g/mol. The Bertz CT molecular complexity index is 540. The van der Waals surface area contributed by atoms with Crippen LogP contribution >= 0.6 is 0 Å². The fourth-order valence-electron chi connectivity index (χ4n) is 1.82. The molecule has 0 radical (unpaired) electrons. The van der Waals surface area contributed by atoms with E-state index in [0.717, 1.165) is 5.56 Å². The van der Waals surface area contributed by atoms with Gasteiger partial charge in [0.2, 0.25) is 5.91 Å². The SMILES string of the molecule is CC(C)c1cccc(C(=O)N[C@@H](CCC(N)=O)C(=O)O)c1. The summed E-state index contributed by atoms with van der Waals surface area (Å²) in [7, 11) is 0. The van der Waals surface area contributed by atoms with Gasteiger partial charge in [-0.1, -0.05) is 26.0 Å². The lowest BCUT2D eigenvalue weighted by atomic mass is 10.0. The van der Waals surface area contributed by atoms with Gasteiger partial charge in [0.1, 0.15) is 6.04 Å². The van der Waals surface area contributed by atoms with Crippen molar-refractivity contribution in [3.8, 4) is 0 Å². The van der Waals surface area contributed by atoms with Crippen LogP contribution in [0.15, 0.2) is 24.3 Å². The van der Waals surface area contributed by atoms with Gasteiger partial charge < -0.3 is 16.2 Å². The molecule has 0 aliphatic carbocycles. The van der Waals surface area contributed by atoms with Crippen molar-refractivity contribution >= 4 is 17.8 Å². The molecule has 0 heterocycles. The van der Waals surface area contributed by atoms with Crippen molar-refractivity contribution in [2.24, 2.45) is 5.73 Å². The lowest BCUT2D eigenvalue weighted by molar-refractivity contribution is -0.139. The number of carboxylic acids is 1. The average molecular weight is 292 g/mol. The number of hydrogen-bond donors (Lipinski definition) is 3. The van der Waals surface area contributed by atoms with Crippen LogP contribution < -0.4 is 11.1 Å². The predicted molar refractivity (Wildman–Crippen MR) is 77.8 cm³/mol. The van der Waals surface area contributed by atoms with Crippen LogP contribution in [0.3, 0.4) is 0 Å². The largest absolute Gasteiger partial charge is 0.480 e. The highest BCUT2D eigenvalue weighted by molar-refractivity contribution is 5.96. The number of carbonyl (C=O) groups is 3. The van der Waals surface area contributed by atoms with Crippen LogP contribution in [0, 0.1) is 0 Å². The van der Waals surface area contributed by atoms with E-state index in [9.17, 15) is 14.4 Å². The van der Waals surface area contributed by atoms with Crippen LogP contribution in [0.4, 0.5) is 0 Å². The summed E-state index contributed by atoms with van der Waals surface area (Å²) >= 11 is 0. The Hall–Kier alpha value is -2.37. The summed E-state index contributed by atoms with van der Waals surface area (Å²) in [5.74, 6) is -2.00. The summed E-state index contributed by atoms with van der Waals surface area (Å²) in [6.07, 6.45) is -0.121. The van der Waals surface area contributed by atoms with E-state index in [2.05, 4.69) is 5.32 Å². The maximum absolute atomic E-state index is 12.1. The minimum Gasteiger partial charge on any atom is -0.480 e. The van der Waals surface area contributed by atoms with Crippen LogP contribution in [-0.4, -0.2) is 28.9 Å². The molecule has 0 saturated heterocycles. The molecule has 6 heteroatoms. The second kappa shape index (κ2) is 7.42. The average Bonchev–Trinajstić information content (AvgIpc) is 2.42. The van der Waals surface area contributed by atoms with Crippen molar-refractivity contribution in [3.63, 3.8) is 0 Å². The molecular formula is C15H20N2O4. The summed E-state index contributed by atoms with van der Waals surface area (Å²) < 4.78 is 0. The molecule has 21 heavy (non-hydrogen) atoms. The molecule has 0 aliphatic rings. The molecule has 1 aromatic carbocycles. The first-order valence-electron chi connectivity index (χ1n) is 6.73. The molecule has 0 saturated carbocycles. The Labute approximate surface area is 123 Å². The van der Waals surface area contributed by atoms with E-state index in [1.165, 1.54) is 0 Å². The zero-order valence-corrected chi connectivity index (χ0v) is 12.1. The van der Waals surface area contributed by atoms with E-state index < -0.39 is 23.8 Å². The number of rotatable bonds is 7. The van der Waals surface area contributed by atoms with Gasteiger partial charge >= 0.3 is 5.97 Å². The number of amides is 2. The molecule has 0 bridgehead atoms. The number of nitrogens with two attached hydrogens (primary N) is 1. The number of carbonyl (C=O) groups excluding carboxylic acids is 2. The Kier molecular flexibility index (Phi) is 5.90. The Morgan fingerprint density at radius 3 is 2.48 bits per heavy atom. The molecule has 0 unspecified atom stereocenters. The number of primary amides is 1. The van der Waals surface area contributed by atoms with Crippen molar-refractivity contribution in [3.05, 3.63) is 35.4 Å². The number of nitrogens with one attached hydrogen (secondary N) is 1. The van der Waals surface area contributed by atoms with Crippen molar-refractivity contribution in [1.82, 2.24) is 5.32 Å². The van der Waals surface area contributed by atoms with Gasteiger partial charge in [-0.3, -0.25) is 9.59 Å². The van der Waals surface area contributed by atoms with Gasteiger partial charge in [0.05, 0.1) is 0 Å². The van der Waals surface area contributed by atoms with Crippen molar-refractivity contribution in [2.45, 2.75) is 38.6 Å². The Morgan fingerprint density at radius 2 is 1.95 bits per heavy atom. The van der Waals surface area contributed by atoms with Gasteiger partial charge in [0.25, 0.3) is 5.91 Å². The monoisotopic (exact) mass is 292 g/mol. The quantitative estimate of drug-likeness (QED) is 0.702. The summed E-state index contributed by atoms with van der Waals surface area (Å²) in [6.45, 7) is 4.01. The molecule has 1 atom stereocenters. The molecule has 4 N–H and O–H groups in total. The first-order chi connectivity index (χ1) is 9.81. The van der Waals surface area contributed by atoms with Crippen molar-refractivity contribution in [2.75, 3.05) is 0 Å². The lowest BCUT2D eigenvalue weighted by Crippen LogP contribution is -2.41. The number of benzene rings is 1. The molecule has 114 valence electrons. The summed E-state index contributed by atoms with van der Waals surface area (Å²) in [5, 5.41) is 11.5. The normalized spacial score (nSPS) is 12.0. The van der Waals surface area contributed by atoms with E-state index >= 15 is 0 Å². The number of hydrogen-bond acceptors (Lipinski definition) is 3. The highest BCUT2D eigenvalue weighted by Crippen LogP contribution is 2.15.